The number of carbonyl (C=O) groups excluding carboxylic acids is 1. The van der Waals surface area contributed by atoms with Crippen molar-refractivity contribution in [3.05, 3.63) is 36.7 Å². The molecule has 0 saturated carbocycles. The predicted molar refractivity (Wildman–Crippen MR) is 80.0 cm³/mol. The minimum absolute atomic E-state index is 0.0273. The van der Waals surface area contributed by atoms with E-state index in [-0.39, 0.29) is 11.2 Å². The normalized spacial score (nSPS) is 12.1. The van der Waals surface area contributed by atoms with Crippen LogP contribution in [0.4, 0.5) is 0 Å². The number of aromatic nitrogens is 3. The number of thioether (sulfide) groups is 1. The van der Waals surface area contributed by atoms with Gasteiger partial charge in [-0.25, -0.2) is 0 Å². The number of benzene rings is 1. The van der Waals surface area contributed by atoms with Gasteiger partial charge in [-0.2, -0.15) is 0 Å². The topological polar surface area (TPSA) is 59.8 Å². The van der Waals surface area contributed by atoms with E-state index in [9.17, 15) is 4.79 Å². The lowest BCUT2D eigenvalue weighted by Crippen LogP contribution is -2.31. The molecule has 2 rings (SSSR count). The van der Waals surface area contributed by atoms with Gasteiger partial charge in [-0.1, -0.05) is 36.9 Å². The van der Waals surface area contributed by atoms with Crippen LogP contribution in [0.3, 0.4) is 0 Å². The summed E-state index contributed by atoms with van der Waals surface area (Å²) in [5.74, 6) is 0.0273. The van der Waals surface area contributed by atoms with Crippen molar-refractivity contribution in [1.29, 1.82) is 0 Å². The van der Waals surface area contributed by atoms with E-state index < -0.39 is 0 Å². The molecule has 0 aliphatic heterocycles. The SMILES string of the molecule is CCCNC(=O)C(C)Sc1nncn1-c1ccccc1. The summed E-state index contributed by atoms with van der Waals surface area (Å²) < 4.78 is 1.88. The fraction of sp³-hybridized carbons (Fsp3) is 0.357. The van der Waals surface area contributed by atoms with Crippen LogP contribution < -0.4 is 5.32 Å². The molecule has 0 aliphatic carbocycles. The van der Waals surface area contributed by atoms with Crippen LogP contribution >= 0.6 is 11.8 Å². The molecule has 5 nitrogen and oxygen atoms in total. The van der Waals surface area contributed by atoms with Gasteiger partial charge < -0.3 is 5.32 Å². The van der Waals surface area contributed by atoms with E-state index in [0.29, 0.717) is 6.54 Å². The summed E-state index contributed by atoms with van der Waals surface area (Å²) in [5, 5.41) is 11.4. The first-order chi connectivity index (χ1) is 9.72. The average Bonchev–Trinajstić information content (AvgIpc) is 2.93. The molecule has 1 heterocycles. The van der Waals surface area contributed by atoms with Crippen molar-refractivity contribution >= 4 is 17.7 Å². The highest BCUT2D eigenvalue weighted by Gasteiger charge is 2.17. The molecule has 106 valence electrons. The fourth-order valence-corrected chi connectivity index (χ4v) is 2.54. The highest BCUT2D eigenvalue weighted by molar-refractivity contribution is 8.00. The van der Waals surface area contributed by atoms with Crippen LogP contribution in [-0.2, 0) is 4.79 Å². The van der Waals surface area contributed by atoms with Gasteiger partial charge in [0.25, 0.3) is 0 Å². The molecule has 0 spiro atoms. The van der Waals surface area contributed by atoms with Crippen molar-refractivity contribution in [1.82, 2.24) is 20.1 Å². The number of nitrogens with zero attached hydrogens (tertiary/aromatic N) is 3. The number of carbonyl (C=O) groups is 1. The van der Waals surface area contributed by atoms with E-state index >= 15 is 0 Å². The zero-order valence-electron chi connectivity index (χ0n) is 11.6. The standard InChI is InChI=1S/C14H18N4OS/c1-3-9-15-13(19)11(2)20-14-17-16-10-18(14)12-7-5-4-6-8-12/h4-8,10-11H,3,9H2,1-2H3,(H,15,19). The summed E-state index contributed by atoms with van der Waals surface area (Å²) in [6, 6.07) is 9.84. The van der Waals surface area contributed by atoms with Crippen LogP contribution in [0, 0.1) is 0 Å². The van der Waals surface area contributed by atoms with Crippen LogP contribution in [-0.4, -0.2) is 32.5 Å². The fourth-order valence-electron chi connectivity index (χ4n) is 1.67. The minimum Gasteiger partial charge on any atom is -0.355 e. The zero-order valence-corrected chi connectivity index (χ0v) is 12.4. The molecule has 2 aromatic rings. The Morgan fingerprint density at radius 1 is 1.40 bits per heavy atom. The summed E-state index contributed by atoms with van der Waals surface area (Å²) in [7, 11) is 0. The molecule has 1 aromatic carbocycles. The second kappa shape index (κ2) is 7.09. The largest absolute Gasteiger partial charge is 0.355 e. The van der Waals surface area contributed by atoms with Crippen molar-refractivity contribution in [3.8, 4) is 5.69 Å². The number of rotatable bonds is 6. The molecule has 0 radical (unpaired) electrons. The quantitative estimate of drug-likeness (QED) is 0.829. The summed E-state index contributed by atoms with van der Waals surface area (Å²) in [6.07, 6.45) is 2.59. The first-order valence-corrected chi connectivity index (χ1v) is 7.50. The summed E-state index contributed by atoms with van der Waals surface area (Å²) in [6.45, 7) is 4.61. The summed E-state index contributed by atoms with van der Waals surface area (Å²) in [4.78, 5) is 11.9. The highest BCUT2D eigenvalue weighted by Crippen LogP contribution is 2.23. The Labute approximate surface area is 122 Å². The van der Waals surface area contributed by atoms with Gasteiger partial charge in [0.05, 0.1) is 5.25 Å². The van der Waals surface area contributed by atoms with Gasteiger partial charge in [-0.3, -0.25) is 9.36 Å². The molecule has 1 amide bonds. The second-order valence-electron chi connectivity index (χ2n) is 4.37. The molecule has 1 atom stereocenters. The van der Waals surface area contributed by atoms with E-state index in [1.165, 1.54) is 11.8 Å². The van der Waals surface area contributed by atoms with E-state index in [4.69, 9.17) is 0 Å². The van der Waals surface area contributed by atoms with Crippen LogP contribution in [0.15, 0.2) is 41.8 Å². The zero-order chi connectivity index (χ0) is 14.4. The van der Waals surface area contributed by atoms with Crippen molar-refractivity contribution in [2.45, 2.75) is 30.7 Å². The molecule has 1 aromatic heterocycles. The molecule has 1 N–H and O–H groups in total. The van der Waals surface area contributed by atoms with Gasteiger partial charge in [-0.15, -0.1) is 10.2 Å². The number of hydrogen-bond acceptors (Lipinski definition) is 4. The Kier molecular flexibility index (Phi) is 5.17. The number of nitrogens with one attached hydrogen (secondary N) is 1. The molecular weight excluding hydrogens is 272 g/mol. The molecule has 6 heteroatoms. The molecule has 20 heavy (non-hydrogen) atoms. The third-order valence-electron chi connectivity index (χ3n) is 2.75. The Morgan fingerprint density at radius 2 is 2.15 bits per heavy atom. The highest BCUT2D eigenvalue weighted by atomic mass is 32.2. The first-order valence-electron chi connectivity index (χ1n) is 6.62. The van der Waals surface area contributed by atoms with Gasteiger partial charge in [0.15, 0.2) is 5.16 Å². The molecule has 0 saturated heterocycles. The maximum absolute atomic E-state index is 11.9. The summed E-state index contributed by atoms with van der Waals surface area (Å²) >= 11 is 1.41. The lowest BCUT2D eigenvalue weighted by Gasteiger charge is -2.11. The van der Waals surface area contributed by atoms with Gasteiger partial charge in [0.2, 0.25) is 5.91 Å². The Bertz CT molecular complexity index is 555. The average molecular weight is 290 g/mol. The third kappa shape index (κ3) is 3.60. The first kappa shape index (κ1) is 14.6. The van der Waals surface area contributed by atoms with E-state index in [2.05, 4.69) is 15.5 Å². The lowest BCUT2D eigenvalue weighted by molar-refractivity contribution is -0.120. The Hall–Kier alpha value is -1.82. The van der Waals surface area contributed by atoms with E-state index in [1.807, 2.05) is 48.7 Å². The molecule has 0 aliphatic rings. The van der Waals surface area contributed by atoms with Gasteiger partial charge in [0, 0.05) is 12.2 Å². The van der Waals surface area contributed by atoms with Crippen molar-refractivity contribution < 1.29 is 4.79 Å². The molecular formula is C14H18N4OS. The van der Waals surface area contributed by atoms with Gasteiger partial charge in [0.1, 0.15) is 6.33 Å². The van der Waals surface area contributed by atoms with Crippen LogP contribution in [0.5, 0.6) is 0 Å². The number of hydrogen-bond donors (Lipinski definition) is 1. The monoisotopic (exact) mass is 290 g/mol. The Morgan fingerprint density at radius 3 is 2.85 bits per heavy atom. The maximum atomic E-state index is 11.9. The Balaban J connectivity index is 2.08. The van der Waals surface area contributed by atoms with Crippen molar-refractivity contribution in [2.24, 2.45) is 0 Å². The number of para-hydroxylation sites is 1. The van der Waals surface area contributed by atoms with Gasteiger partial charge in [-0.05, 0) is 25.5 Å². The van der Waals surface area contributed by atoms with Crippen molar-refractivity contribution in [2.75, 3.05) is 6.54 Å². The van der Waals surface area contributed by atoms with Crippen LogP contribution in [0.2, 0.25) is 0 Å². The van der Waals surface area contributed by atoms with E-state index in [1.54, 1.807) is 6.33 Å². The third-order valence-corrected chi connectivity index (χ3v) is 3.81. The molecule has 1 unspecified atom stereocenters. The minimum atomic E-state index is -0.201. The van der Waals surface area contributed by atoms with Crippen LogP contribution in [0.1, 0.15) is 20.3 Å². The maximum Gasteiger partial charge on any atom is 0.233 e. The second-order valence-corrected chi connectivity index (χ2v) is 5.68. The number of amides is 1. The molecule has 0 fully saturated rings. The van der Waals surface area contributed by atoms with Crippen LogP contribution in [0.25, 0.3) is 5.69 Å². The lowest BCUT2D eigenvalue weighted by atomic mass is 10.3. The van der Waals surface area contributed by atoms with E-state index in [0.717, 1.165) is 17.3 Å². The summed E-state index contributed by atoms with van der Waals surface area (Å²) in [5.41, 5.74) is 0.987. The molecule has 0 bridgehead atoms. The van der Waals surface area contributed by atoms with Gasteiger partial charge >= 0.3 is 0 Å². The van der Waals surface area contributed by atoms with Crippen molar-refractivity contribution in [3.63, 3.8) is 0 Å². The predicted octanol–water partition coefficient (Wildman–Crippen LogP) is 2.27. The smallest absolute Gasteiger partial charge is 0.233 e.